The van der Waals surface area contributed by atoms with E-state index in [2.05, 4.69) is 13.8 Å². The lowest BCUT2D eigenvalue weighted by molar-refractivity contribution is -0.140. The van der Waals surface area contributed by atoms with Crippen LogP contribution >= 0.6 is 0 Å². The Morgan fingerprint density at radius 3 is 1.53 bits per heavy atom. The molecule has 0 aliphatic carbocycles. The van der Waals surface area contributed by atoms with Gasteiger partial charge in [-0.2, -0.15) is 0 Å². The monoisotopic (exact) mass is 536 g/mol. The molecule has 2 fully saturated rings. The van der Waals surface area contributed by atoms with Crippen molar-refractivity contribution in [2.75, 3.05) is 6.61 Å². The van der Waals surface area contributed by atoms with E-state index in [1.54, 1.807) is 0 Å². The van der Waals surface area contributed by atoms with Gasteiger partial charge in [0.2, 0.25) is 0 Å². The number of hydrogen-bond acceptors (Lipinski definition) is 5. The molecule has 0 aromatic heterocycles. The highest BCUT2D eigenvalue weighted by Gasteiger charge is 2.38. The molecule has 0 bridgehead atoms. The summed E-state index contributed by atoms with van der Waals surface area (Å²) in [5.41, 5.74) is 0.251. The van der Waals surface area contributed by atoms with E-state index in [0.29, 0.717) is 31.3 Å². The molecule has 0 spiro atoms. The molecule has 4 unspecified atom stereocenters. The van der Waals surface area contributed by atoms with E-state index in [9.17, 15) is 14.7 Å². The van der Waals surface area contributed by atoms with E-state index in [1.807, 2.05) is 0 Å². The first-order chi connectivity index (χ1) is 18.5. The summed E-state index contributed by atoms with van der Waals surface area (Å²) in [5, 5.41) is 9.18. The lowest BCUT2D eigenvalue weighted by atomic mass is 10.0. The Labute approximate surface area is 232 Å². The van der Waals surface area contributed by atoms with Crippen LogP contribution in [0.5, 0.6) is 0 Å². The largest absolute Gasteiger partial charge is 0.478 e. The predicted molar refractivity (Wildman–Crippen MR) is 152 cm³/mol. The van der Waals surface area contributed by atoms with E-state index in [-0.39, 0.29) is 11.7 Å². The van der Waals surface area contributed by atoms with Crippen LogP contribution in [0.3, 0.4) is 0 Å². The number of carboxylic acid groups (broad SMARTS) is 1. The number of unbranched alkanes of at least 4 members (excludes halogenated alkanes) is 12. The Kier molecular flexibility index (Phi) is 17.7. The van der Waals surface area contributed by atoms with E-state index >= 15 is 0 Å². The fourth-order valence-electron chi connectivity index (χ4n) is 5.40. The van der Waals surface area contributed by atoms with Gasteiger partial charge < -0.3 is 19.3 Å². The summed E-state index contributed by atoms with van der Waals surface area (Å²) in [6.07, 6.45) is 26.5. The van der Waals surface area contributed by atoms with Gasteiger partial charge in [0, 0.05) is 11.6 Å². The first-order valence-electron chi connectivity index (χ1n) is 16.0. The molecule has 2 rings (SSSR count). The van der Waals surface area contributed by atoms with Gasteiger partial charge in [-0.15, -0.1) is 0 Å². The second kappa shape index (κ2) is 20.5. The van der Waals surface area contributed by atoms with E-state index < -0.39 is 11.9 Å². The molecule has 6 heteroatoms. The first kappa shape index (κ1) is 32.8. The van der Waals surface area contributed by atoms with Gasteiger partial charge in [-0.05, 0) is 44.9 Å². The number of carbonyl (C=O) groups is 2. The maximum absolute atomic E-state index is 12.5. The molecule has 38 heavy (non-hydrogen) atoms. The Hall–Kier alpha value is -1.40. The molecule has 0 amide bonds. The van der Waals surface area contributed by atoms with Gasteiger partial charge in [0.15, 0.2) is 0 Å². The van der Waals surface area contributed by atoms with Crippen molar-refractivity contribution in [1.82, 2.24) is 0 Å². The van der Waals surface area contributed by atoms with E-state index in [1.165, 1.54) is 89.9 Å². The molecular weight excluding hydrogens is 480 g/mol. The zero-order chi connectivity index (χ0) is 27.4. The molecular formula is C32H56O6. The highest BCUT2D eigenvalue weighted by atomic mass is 16.6. The second-order valence-corrected chi connectivity index (χ2v) is 11.4. The van der Waals surface area contributed by atoms with Crippen molar-refractivity contribution in [3.05, 3.63) is 11.6 Å². The molecule has 2 heterocycles. The molecule has 1 N–H and O–H groups in total. The van der Waals surface area contributed by atoms with Gasteiger partial charge in [-0.1, -0.05) is 104 Å². The van der Waals surface area contributed by atoms with Crippen molar-refractivity contribution in [3.8, 4) is 0 Å². The van der Waals surface area contributed by atoms with Crippen molar-refractivity contribution in [2.24, 2.45) is 0 Å². The zero-order valence-corrected chi connectivity index (χ0v) is 24.4. The summed E-state index contributed by atoms with van der Waals surface area (Å²) >= 11 is 0. The molecule has 0 saturated carbocycles. The normalized spacial score (nSPS) is 22.4. The fourth-order valence-corrected chi connectivity index (χ4v) is 5.40. The van der Waals surface area contributed by atoms with E-state index in [0.717, 1.165) is 44.6 Å². The summed E-state index contributed by atoms with van der Waals surface area (Å²) in [6.45, 7) is 4.80. The summed E-state index contributed by atoms with van der Waals surface area (Å²) < 4.78 is 17.0. The van der Waals surface area contributed by atoms with Crippen LogP contribution in [-0.2, 0) is 23.8 Å². The zero-order valence-electron chi connectivity index (χ0n) is 24.4. The van der Waals surface area contributed by atoms with Crippen molar-refractivity contribution in [1.29, 1.82) is 0 Å². The van der Waals surface area contributed by atoms with Crippen molar-refractivity contribution in [2.45, 2.75) is 173 Å². The van der Waals surface area contributed by atoms with Crippen LogP contribution in [-0.4, -0.2) is 48.1 Å². The minimum Gasteiger partial charge on any atom is -0.478 e. The van der Waals surface area contributed by atoms with Crippen LogP contribution in [0.4, 0.5) is 0 Å². The quantitative estimate of drug-likeness (QED) is 0.0517. The first-order valence-corrected chi connectivity index (χ1v) is 16.0. The number of carboxylic acids is 1. The number of epoxide rings is 2. The highest BCUT2D eigenvalue weighted by molar-refractivity contribution is 5.95. The van der Waals surface area contributed by atoms with Crippen molar-refractivity contribution in [3.63, 3.8) is 0 Å². The minimum absolute atomic E-state index is 0.251. The van der Waals surface area contributed by atoms with Gasteiger partial charge in [0.05, 0.1) is 31.0 Å². The van der Waals surface area contributed by atoms with Crippen LogP contribution in [0.25, 0.3) is 0 Å². The second-order valence-electron chi connectivity index (χ2n) is 11.4. The highest BCUT2D eigenvalue weighted by Crippen LogP contribution is 2.33. The third-order valence-electron chi connectivity index (χ3n) is 7.92. The molecule has 6 nitrogen and oxygen atoms in total. The van der Waals surface area contributed by atoms with Gasteiger partial charge in [-0.25, -0.2) is 9.59 Å². The number of hydrogen-bond donors (Lipinski definition) is 1. The Morgan fingerprint density at radius 1 is 0.632 bits per heavy atom. The summed E-state index contributed by atoms with van der Waals surface area (Å²) in [7, 11) is 0. The number of ether oxygens (including phenoxy) is 3. The lowest BCUT2D eigenvalue weighted by Crippen LogP contribution is -2.12. The molecule has 2 aliphatic heterocycles. The average molecular weight is 537 g/mol. The third kappa shape index (κ3) is 15.9. The SMILES string of the molecule is CCCCCCCCCC1OC1CCCOC(=O)C(=CC(=O)O)CCCC1OC1CCCCCCCCC. The van der Waals surface area contributed by atoms with Crippen LogP contribution in [0, 0.1) is 0 Å². The summed E-state index contributed by atoms with van der Waals surface area (Å²) in [6, 6.07) is 0. The number of rotatable bonds is 26. The van der Waals surface area contributed by atoms with Gasteiger partial charge in [-0.3, -0.25) is 0 Å². The molecule has 2 saturated heterocycles. The average Bonchev–Trinajstić information content (AvgIpc) is 3.82. The topological polar surface area (TPSA) is 88.7 Å². The lowest BCUT2D eigenvalue weighted by Gasteiger charge is -2.07. The van der Waals surface area contributed by atoms with E-state index in [4.69, 9.17) is 14.2 Å². The van der Waals surface area contributed by atoms with Crippen molar-refractivity contribution >= 4 is 11.9 Å². The number of esters is 1. The van der Waals surface area contributed by atoms with Crippen molar-refractivity contribution < 1.29 is 28.9 Å². The summed E-state index contributed by atoms with van der Waals surface area (Å²) in [5.74, 6) is -1.60. The maximum Gasteiger partial charge on any atom is 0.334 e. The summed E-state index contributed by atoms with van der Waals surface area (Å²) in [4.78, 5) is 23.7. The van der Waals surface area contributed by atoms with Gasteiger partial charge in [0.25, 0.3) is 0 Å². The van der Waals surface area contributed by atoms with Crippen LogP contribution < -0.4 is 0 Å². The smallest absolute Gasteiger partial charge is 0.334 e. The maximum atomic E-state index is 12.5. The Bertz CT molecular complexity index is 675. The Morgan fingerprint density at radius 2 is 1.05 bits per heavy atom. The number of aliphatic carboxylic acids is 1. The van der Waals surface area contributed by atoms with Crippen LogP contribution in [0.1, 0.15) is 149 Å². The van der Waals surface area contributed by atoms with Gasteiger partial charge >= 0.3 is 11.9 Å². The van der Waals surface area contributed by atoms with Gasteiger partial charge in [0.1, 0.15) is 0 Å². The predicted octanol–water partition coefficient (Wildman–Crippen LogP) is 8.31. The number of carbonyl (C=O) groups excluding carboxylic acids is 1. The minimum atomic E-state index is -1.10. The fraction of sp³-hybridized carbons (Fsp3) is 0.875. The molecule has 0 aromatic carbocycles. The molecule has 220 valence electrons. The molecule has 4 atom stereocenters. The van der Waals surface area contributed by atoms with Crippen LogP contribution in [0.15, 0.2) is 11.6 Å². The molecule has 0 aromatic rings. The molecule has 2 aliphatic rings. The third-order valence-corrected chi connectivity index (χ3v) is 7.92. The standard InChI is InChI=1S/C32H56O6/c1-3-5-7-9-11-13-15-20-27-29(37-27)22-17-19-26(25-31(33)34)32(35)36-24-18-23-30-28(38-30)21-16-14-12-10-8-6-4-2/h25,27-30H,3-24H2,1-2H3,(H,33,34). The molecule has 0 radical (unpaired) electrons. The van der Waals surface area contributed by atoms with Crippen LogP contribution in [0.2, 0.25) is 0 Å². The Balaban J connectivity index is 1.48.